The molecule has 0 spiro atoms. The molecule has 0 saturated heterocycles. The van der Waals surface area contributed by atoms with Crippen LogP contribution >= 0.6 is 15.9 Å². The maximum absolute atomic E-state index is 4.49. The Morgan fingerprint density at radius 1 is 1.31 bits per heavy atom. The Hall–Kier alpha value is -1.13. The molecule has 0 bridgehead atoms. The summed E-state index contributed by atoms with van der Waals surface area (Å²) in [5.41, 5.74) is 3.37. The van der Waals surface area contributed by atoms with E-state index >= 15 is 0 Å². The van der Waals surface area contributed by atoms with Crippen molar-refractivity contribution in [2.45, 2.75) is 13.5 Å². The highest BCUT2D eigenvalue weighted by Gasteiger charge is 2.04. The summed E-state index contributed by atoms with van der Waals surface area (Å²) < 4.78 is 2.99. The summed E-state index contributed by atoms with van der Waals surface area (Å²) in [5.74, 6) is 0. The van der Waals surface area contributed by atoms with Gasteiger partial charge in [0.15, 0.2) is 0 Å². The Morgan fingerprint density at radius 3 is 2.62 bits per heavy atom. The minimum Gasteiger partial charge on any atom is -0.316 e. The molecule has 0 atom stereocenters. The summed E-state index contributed by atoms with van der Waals surface area (Å²) >= 11 is 3.42. The number of nitrogens with zero attached hydrogens (tertiary/aromatic N) is 2. The van der Waals surface area contributed by atoms with Gasteiger partial charge in [-0.3, -0.25) is 0 Å². The van der Waals surface area contributed by atoms with Crippen LogP contribution < -0.4 is 5.32 Å². The third kappa shape index (κ3) is 2.33. The lowest BCUT2D eigenvalue weighted by atomic mass is 10.2. The third-order valence-corrected chi connectivity index (χ3v) is 2.99. The zero-order valence-corrected chi connectivity index (χ0v) is 11.0. The summed E-state index contributed by atoms with van der Waals surface area (Å²) in [6.07, 6.45) is 2.06. The van der Waals surface area contributed by atoms with Crippen molar-refractivity contribution in [2.75, 3.05) is 7.05 Å². The molecular weight excluding hydrogens is 266 g/mol. The van der Waals surface area contributed by atoms with Crippen molar-refractivity contribution in [2.24, 2.45) is 0 Å². The summed E-state index contributed by atoms with van der Waals surface area (Å²) in [6, 6.07) is 8.12. The van der Waals surface area contributed by atoms with Crippen LogP contribution in [0.4, 0.5) is 0 Å². The third-order valence-electron chi connectivity index (χ3n) is 2.46. The van der Waals surface area contributed by atoms with Crippen molar-refractivity contribution in [3.63, 3.8) is 0 Å². The molecule has 84 valence electrons. The second-order valence-electron chi connectivity index (χ2n) is 3.69. The maximum atomic E-state index is 4.49. The van der Waals surface area contributed by atoms with Crippen LogP contribution in [0.5, 0.6) is 0 Å². The van der Waals surface area contributed by atoms with Gasteiger partial charge < -0.3 is 5.32 Å². The Morgan fingerprint density at radius 2 is 2.00 bits per heavy atom. The van der Waals surface area contributed by atoms with Crippen molar-refractivity contribution in [1.82, 2.24) is 15.1 Å². The van der Waals surface area contributed by atoms with Crippen LogP contribution in [0.2, 0.25) is 0 Å². The number of aromatic nitrogens is 2. The van der Waals surface area contributed by atoms with Crippen LogP contribution in [0, 0.1) is 6.92 Å². The van der Waals surface area contributed by atoms with Gasteiger partial charge in [0.25, 0.3) is 0 Å². The first kappa shape index (κ1) is 11.4. The van der Waals surface area contributed by atoms with Crippen LogP contribution in [0.25, 0.3) is 5.69 Å². The number of aryl methyl sites for hydroxylation is 1. The zero-order valence-electron chi connectivity index (χ0n) is 9.37. The molecule has 0 aliphatic rings. The van der Waals surface area contributed by atoms with E-state index in [4.69, 9.17) is 0 Å². The quantitative estimate of drug-likeness (QED) is 0.936. The molecule has 1 heterocycles. The van der Waals surface area contributed by atoms with Gasteiger partial charge in [-0.05, 0) is 38.2 Å². The first-order valence-corrected chi connectivity index (χ1v) is 5.95. The molecule has 2 rings (SSSR count). The maximum Gasteiger partial charge on any atom is 0.0646 e. The van der Waals surface area contributed by atoms with Gasteiger partial charge in [0.2, 0.25) is 0 Å². The van der Waals surface area contributed by atoms with E-state index in [9.17, 15) is 0 Å². The second-order valence-corrected chi connectivity index (χ2v) is 4.61. The van der Waals surface area contributed by atoms with Crippen LogP contribution in [0.3, 0.4) is 0 Å². The van der Waals surface area contributed by atoms with Gasteiger partial charge in [-0.15, -0.1) is 0 Å². The number of hydrogen-bond donors (Lipinski definition) is 1. The van der Waals surface area contributed by atoms with E-state index in [-0.39, 0.29) is 0 Å². The topological polar surface area (TPSA) is 29.9 Å². The molecule has 0 radical (unpaired) electrons. The molecule has 4 heteroatoms. The lowest BCUT2D eigenvalue weighted by Crippen LogP contribution is -2.05. The van der Waals surface area contributed by atoms with Crippen LogP contribution in [-0.4, -0.2) is 16.8 Å². The van der Waals surface area contributed by atoms with E-state index in [1.807, 2.05) is 42.9 Å². The van der Waals surface area contributed by atoms with Gasteiger partial charge in [0, 0.05) is 22.8 Å². The molecule has 0 amide bonds. The fourth-order valence-electron chi connectivity index (χ4n) is 1.59. The standard InChI is InChI=1S/C12H14BrN3/c1-9-10(7-14-2)8-16(15-9)12-5-3-11(13)4-6-12/h3-6,8,14H,7H2,1-2H3. The van der Waals surface area contributed by atoms with Crippen molar-refractivity contribution in [1.29, 1.82) is 0 Å². The summed E-state index contributed by atoms with van der Waals surface area (Å²) in [7, 11) is 1.94. The van der Waals surface area contributed by atoms with Crippen LogP contribution in [0.1, 0.15) is 11.3 Å². The van der Waals surface area contributed by atoms with Crippen molar-refractivity contribution in [3.8, 4) is 5.69 Å². The van der Waals surface area contributed by atoms with E-state index in [0.717, 1.165) is 22.4 Å². The summed E-state index contributed by atoms with van der Waals surface area (Å²) in [5, 5.41) is 7.63. The van der Waals surface area contributed by atoms with Crippen LogP contribution in [-0.2, 0) is 6.54 Å². The molecule has 1 N–H and O–H groups in total. The SMILES string of the molecule is CNCc1cn(-c2ccc(Br)cc2)nc1C. The van der Waals surface area contributed by atoms with Gasteiger partial charge in [-0.1, -0.05) is 15.9 Å². The fraction of sp³-hybridized carbons (Fsp3) is 0.250. The first-order valence-electron chi connectivity index (χ1n) is 5.16. The predicted molar refractivity (Wildman–Crippen MR) is 68.8 cm³/mol. The van der Waals surface area contributed by atoms with Crippen molar-refractivity contribution in [3.05, 3.63) is 46.2 Å². The van der Waals surface area contributed by atoms with E-state index in [0.29, 0.717) is 0 Å². The Balaban J connectivity index is 2.33. The zero-order chi connectivity index (χ0) is 11.5. The molecule has 2 aromatic rings. The average Bonchev–Trinajstić information content (AvgIpc) is 2.62. The highest BCUT2D eigenvalue weighted by Crippen LogP contribution is 2.15. The first-order chi connectivity index (χ1) is 7.70. The molecule has 3 nitrogen and oxygen atoms in total. The molecule has 0 saturated carbocycles. The second kappa shape index (κ2) is 4.80. The van der Waals surface area contributed by atoms with Gasteiger partial charge in [-0.2, -0.15) is 5.10 Å². The van der Waals surface area contributed by atoms with Crippen molar-refractivity contribution >= 4 is 15.9 Å². The number of nitrogens with one attached hydrogen (secondary N) is 1. The molecule has 0 unspecified atom stereocenters. The lowest BCUT2D eigenvalue weighted by Gasteiger charge is -2.00. The van der Waals surface area contributed by atoms with Gasteiger partial charge in [0.05, 0.1) is 11.4 Å². The molecular formula is C12H14BrN3. The number of benzene rings is 1. The number of rotatable bonds is 3. The lowest BCUT2D eigenvalue weighted by molar-refractivity contribution is 0.812. The van der Waals surface area contributed by atoms with E-state index < -0.39 is 0 Å². The molecule has 16 heavy (non-hydrogen) atoms. The molecule has 0 fully saturated rings. The molecule has 1 aromatic carbocycles. The minimum absolute atomic E-state index is 0.850. The summed E-state index contributed by atoms with van der Waals surface area (Å²) in [4.78, 5) is 0. The number of hydrogen-bond acceptors (Lipinski definition) is 2. The average molecular weight is 280 g/mol. The Bertz CT molecular complexity index is 474. The van der Waals surface area contributed by atoms with Gasteiger partial charge in [0.1, 0.15) is 0 Å². The number of halogens is 1. The van der Waals surface area contributed by atoms with E-state index in [2.05, 4.69) is 32.5 Å². The highest BCUT2D eigenvalue weighted by atomic mass is 79.9. The fourth-order valence-corrected chi connectivity index (χ4v) is 1.85. The van der Waals surface area contributed by atoms with E-state index in [1.54, 1.807) is 0 Å². The molecule has 1 aromatic heterocycles. The highest BCUT2D eigenvalue weighted by molar-refractivity contribution is 9.10. The van der Waals surface area contributed by atoms with Gasteiger partial charge >= 0.3 is 0 Å². The smallest absolute Gasteiger partial charge is 0.0646 e. The van der Waals surface area contributed by atoms with E-state index in [1.165, 1.54) is 5.56 Å². The predicted octanol–water partition coefficient (Wildman–Crippen LogP) is 2.66. The normalized spacial score (nSPS) is 10.7. The minimum atomic E-state index is 0.850. The Labute approximate surface area is 104 Å². The molecule has 0 aliphatic carbocycles. The molecule has 0 aliphatic heterocycles. The Kier molecular flexibility index (Phi) is 3.41. The monoisotopic (exact) mass is 279 g/mol. The van der Waals surface area contributed by atoms with Crippen molar-refractivity contribution < 1.29 is 0 Å². The van der Waals surface area contributed by atoms with Gasteiger partial charge in [-0.25, -0.2) is 4.68 Å². The summed E-state index contributed by atoms with van der Waals surface area (Å²) in [6.45, 7) is 2.88. The van der Waals surface area contributed by atoms with Crippen LogP contribution in [0.15, 0.2) is 34.9 Å². The largest absolute Gasteiger partial charge is 0.316 e.